The van der Waals surface area contributed by atoms with Crippen LogP contribution in [-0.4, -0.2) is 23.7 Å². The second-order valence-electron chi connectivity index (χ2n) is 9.71. The van der Waals surface area contributed by atoms with Crippen molar-refractivity contribution >= 4 is 17.9 Å². The minimum absolute atomic E-state index is 0.0518. The van der Waals surface area contributed by atoms with E-state index in [0.29, 0.717) is 6.42 Å². The average Bonchev–Trinajstić information content (AvgIpc) is 3.33. The largest absolute Gasteiger partial charge is 0.422 e. The molecule has 1 aromatic rings. The summed E-state index contributed by atoms with van der Waals surface area (Å²) in [6, 6.07) is 0. The molecule has 1 aromatic carbocycles. The van der Waals surface area contributed by atoms with Crippen LogP contribution in [0.15, 0.2) is 0 Å². The first-order chi connectivity index (χ1) is 16.0. The summed E-state index contributed by atoms with van der Waals surface area (Å²) in [5, 5.41) is 0. The molecule has 0 N–H and O–H groups in total. The number of esters is 3. The van der Waals surface area contributed by atoms with Gasteiger partial charge in [-0.25, -0.2) is 8.78 Å². The number of hydrogen-bond acceptors (Lipinski definition) is 6. The summed E-state index contributed by atoms with van der Waals surface area (Å²) < 4.78 is 110. The smallest absolute Gasteiger partial charge is 0.422 e. The van der Waals surface area contributed by atoms with E-state index in [0.717, 1.165) is 0 Å². The molecule has 13 heteroatoms. The molecule has 6 nitrogen and oxygen atoms in total. The Morgan fingerprint density at radius 1 is 1.03 bits per heavy atom. The Morgan fingerprint density at radius 2 is 1.60 bits per heavy atom. The zero-order valence-corrected chi connectivity index (χ0v) is 18.6. The Hall–Kier alpha value is -2.86. The van der Waals surface area contributed by atoms with Crippen LogP contribution in [0.3, 0.4) is 0 Å². The first-order valence-corrected chi connectivity index (χ1v) is 10.6. The molecule has 0 aromatic heterocycles. The second kappa shape index (κ2) is 7.57. The minimum Gasteiger partial charge on any atom is -0.422 e. The minimum atomic E-state index is -5.79. The molecule has 4 atom stereocenters. The van der Waals surface area contributed by atoms with E-state index >= 15 is 0 Å². The summed E-state index contributed by atoms with van der Waals surface area (Å²) >= 11 is 0. The zero-order chi connectivity index (χ0) is 26.3. The van der Waals surface area contributed by atoms with Gasteiger partial charge in [-0.05, 0) is 39.0 Å². The Labute approximate surface area is 193 Å². The van der Waals surface area contributed by atoms with Crippen molar-refractivity contribution in [1.82, 2.24) is 0 Å². The van der Waals surface area contributed by atoms with Crippen molar-refractivity contribution in [1.29, 1.82) is 0 Å². The quantitative estimate of drug-likeness (QED) is 0.185. The van der Waals surface area contributed by atoms with Crippen molar-refractivity contribution in [3.63, 3.8) is 0 Å². The van der Waals surface area contributed by atoms with E-state index in [1.807, 2.05) is 0 Å². The number of carbonyl (C=O) groups excluding carboxylic acids is 3. The van der Waals surface area contributed by atoms with Crippen LogP contribution in [0.25, 0.3) is 0 Å². The Balaban J connectivity index is 1.69. The van der Waals surface area contributed by atoms with Gasteiger partial charge in [-0.15, -0.1) is 0 Å². The number of carbonyl (C=O) groups is 3. The van der Waals surface area contributed by atoms with Gasteiger partial charge in [0.25, 0.3) is 5.79 Å². The van der Waals surface area contributed by atoms with Crippen molar-refractivity contribution in [2.24, 2.45) is 22.7 Å². The third kappa shape index (κ3) is 3.40. The zero-order valence-electron chi connectivity index (χ0n) is 18.6. The monoisotopic (exact) mass is 512 g/mol. The predicted octanol–water partition coefficient (Wildman–Crippen LogP) is 4.82. The van der Waals surface area contributed by atoms with Crippen LogP contribution in [0.2, 0.25) is 0 Å². The highest BCUT2D eigenvalue weighted by Crippen LogP contribution is 2.67. The number of fused-ring (bicyclic) bond motifs is 1. The molecule has 1 saturated heterocycles. The molecular weight excluding hydrogens is 493 g/mol. The van der Waals surface area contributed by atoms with Crippen LogP contribution in [0.1, 0.15) is 52.0 Å². The molecular formula is C22H19F7O6. The fraction of sp³-hybridized carbons (Fsp3) is 0.591. The van der Waals surface area contributed by atoms with E-state index < -0.39 is 87.1 Å². The van der Waals surface area contributed by atoms with Gasteiger partial charge in [0.2, 0.25) is 17.4 Å². The van der Waals surface area contributed by atoms with Crippen LogP contribution in [0.4, 0.5) is 30.7 Å². The summed E-state index contributed by atoms with van der Waals surface area (Å²) in [4.78, 5) is 38.5. The van der Waals surface area contributed by atoms with E-state index in [1.165, 1.54) is 0 Å². The second-order valence-corrected chi connectivity index (χ2v) is 9.71. The van der Waals surface area contributed by atoms with Gasteiger partial charge in [0.1, 0.15) is 5.56 Å². The number of hydrogen-bond donors (Lipinski definition) is 0. The van der Waals surface area contributed by atoms with Gasteiger partial charge in [-0.2, -0.15) is 22.0 Å². The molecule has 192 valence electrons. The molecule has 1 heterocycles. The van der Waals surface area contributed by atoms with Gasteiger partial charge in [-0.3, -0.25) is 14.4 Å². The van der Waals surface area contributed by atoms with Crippen LogP contribution in [0.5, 0.6) is 5.75 Å². The molecule has 1 aliphatic heterocycles. The fourth-order valence-electron chi connectivity index (χ4n) is 5.07. The lowest BCUT2D eigenvalue weighted by Crippen LogP contribution is -2.49. The van der Waals surface area contributed by atoms with Crippen LogP contribution in [0, 0.1) is 45.9 Å². The van der Waals surface area contributed by atoms with E-state index in [2.05, 4.69) is 4.74 Å². The topological polar surface area (TPSA) is 78.9 Å². The molecule has 0 amide bonds. The molecule has 4 unspecified atom stereocenters. The third-order valence-electron chi connectivity index (χ3n) is 7.28. The van der Waals surface area contributed by atoms with Crippen molar-refractivity contribution in [3.05, 3.63) is 28.8 Å². The van der Waals surface area contributed by atoms with Crippen LogP contribution >= 0.6 is 0 Å². The number of halogens is 7. The lowest BCUT2D eigenvalue weighted by atomic mass is 9.72. The molecule has 0 radical (unpaired) electrons. The molecule has 2 saturated carbocycles. The summed E-state index contributed by atoms with van der Waals surface area (Å²) in [5.74, 6) is -19.9. The average molecular weight is 512 g/mol. The van der Waals surface area contributed by atoms with Gasteiger partial charge in [0.15, 0.2) is 17.0 Å². The summed E-state index contributed by atoms with van der Waals surface area (Å²) in [6.07, 6.45) is -5.48. The summed E-state index contributed by atoms with van der Waals surface area (Å²) in [5.41, 5.74) is -6.04. The maximum Gasteiger partial charge on any atom is 0.422 e. The van der Waals surface area contributed by atoms with E-state index in [-0.39, 0.29) is 19.3 Å². The lowest BCUT2D eigenvalue weighted by molar-refractivity contribution is -0.230. The highest BCUT2D eigenvalue weighted by atomic mass is 19.4. The molecule has 3 aliphatic rings. The number of rotatable bonds is 5. The Kier molecular flexibility index (Phi) is 5.46. The molecule has 4 rings (SSSR count). The van der Waals surface area contributed by atoms with Crippen molar-refractivity contribution < 1.29 is 59.3 Å². The molecule has 3 fully saturated rings. The first-order valence-electron chi connectivity index (χ1n) is 10.6. The van der Waals surface area contributed by atoms with Crippen LogP contribution < -0.4 is 4.74 Å². The normalized spacial score (nSPS) is 29.4. The number of ether oxygens (including phenoxy) is 3. The van der Waals surface area contributed by atoms with E-state index in [4.69, 9.17) is 9.47 Å². The van der Waals surface area contributed by atoms with Gasteiger partial charge in [0, 0.05) is 6.42 Å². The fourth-order valence-corrected chi connectivity index (χ4v) is 5.07. The van der Waals surface area contributed by atoms with Crippen molar-refractivity contribution in [2.75, 3.05) is 0 Å². The van der Waals surface area contributed by atoms with Crippen molar-refractivity contribution in [3.8, 4) is 5.75 Å². The highest BCUT2D eigenvalue weighted by Gasteiger charge is 2.79. The standard InChI is InChI=1S/C22H19F7O6/c1-4-19(2,3)16(30)34-21-7-8-5-9(21)20(6-8,18(32)35-21)17(31)33-15-13(25)11(23)10(22(27,28)29)12(24)14(15)26/h8-9H,4-7H2,1-3H3. The maximum absolute atomic E-state index is 14.3. The van der Waals surface area contributed by atoms with Gasteiger partial charge >= 0.3 is 24.1 Å². The number of alkyl halides is 3. The molecule has 2 aliphatic carbocycles. The predicted molar refractivity (Wildman–Crippen MR) is 99.2 cm³/mol. The maximum atomic E-state index is 14.3. The SMILES string of the molecule is CCC(C)(C)C(=O)OC12CC3CC1C(C(=O)Oc1c(F)c(F)c(C(F)(F)F)c(F)c1F)(C3)C(=O)O2. The summed E-state index contributed by atoms with van der Waals surface area (Å²) in [6.45, 7) is 4.88. The van der Waals surface area contributed by atoms with Gasteiger partial charge in [-0.1, -0.05) is 6.92 Å². The molecule has 35 heavy (non-hydrogen) atoms. The van der Waals surface area contributed by atoms with Crippen molar-refractivity contribution in [2.45, 2.75) is 58.4 Å². The number of benzene rings is 1. The lowest BCUT2D eigenvalue weighted by Gasteiger charge is -2.35. The van der Waals surface area contributed by atoms with Gasteiger partial charge in [0.05, 0.1) is 11.3 Å². The molecule has 0 spiro atoms. The van der Waals surface area contributed by atoms with Gasteiger partial charge < -0.3 is 14.2 Å². The Morgan fingerprint density at radius 3 is 2.09 bits per heavy atom. The third-order valence-corrected chi connectivity index (χ3v) is 7.28. The van der Waals surface area contributed by atoms with E-state index in [9.17, 15) is 45.1 Å². The van der Waals surface area contributed by atoms with Crippen LogP contribution in [-0.2, 0) is 30.0 Å². The molecule has 2 bridgehead atoms. The summed E-state index contributed by atoms with van der Waals surface area (Å²) in [7, 11) is 0. The Bertz CT molecular complexity index is 1120. The highest BCUT2D eigenvalue weighted by molar-refractivity contribution is 6.04. The van der Waals surface area contributed by atoms with E-state index in [1.54, 1.807) is 20.8 Å². The first kappa shape index (κ1) is 25.2.